The highest BCUT2D eigenvalue weighted by Crippen LogP contribution is 2.27. The van der Waals surface area contributed by atoms with Crippen LogP contribution < -0.4 is 5.32 Å². The minimum absolute atomic E-state index is 0.683. The molecule has 0 aromatic rings. The molecule has 1 heterocycles. The van der Waals surface area contributed by atoms with Crippen molar-refractivity contribution in [3.63, 3.8) is 0 Å². The Morgan fingerprint density at radius 3 is 2.15 bits per heavy atom. The lowest BCUT2D eigenvalue weighted by Crippen LogP contribution is -2.48. The van der Waals surface area contributed by atoms with E-state index in [2.05, 4.69) is 31.0 Å². The fraction of sp³-hybridized carbons (Fsp3) is 1.00. The first kappa shape index (κ1) is 16.3. The number of nitrogens with one attached hydrogen (secondary N) is 1. The molecule has 2 heteroatoms. The Morgan fingerprint density at radius 1 is 0.900 bits per heavy atom. The lowest BCUT2D eigenvalue weighted by molar-refractivity contribution is 0.147. The normalized spacial score (nSPS) is 29.9. The summed E-state index contributed by atoms with van der Waals surface area (Å²) in [5.41, 5.74) is 0. The molecule has 3 atom stereocenters. The molecule has 0 aromatic carbocycles. The van der Waals surface area contributed by atoms with E-state index in [-0.39, 0.29) is 0 Å². The highest BCUT2D eigenvalue weighted by molar-refractivity contribution is 4.84. The van der Waals surface area contributed by atoms with Gasteiger partial charge in [0.05, 0.1) is 0 Å². The van der Waals surface area contributed by atoms with Crippen molar-refractivity contribution in [2.24, 2.45) is 11.8 Å². The summed E-state index contributed by atoms with van der Waals surface area (Å²) in [4.78, 5) is 2.63. The van der Waals surface area contributed by atoms with E-state index in [1.807, 2.05) is 0 Å². The Balaban J connectivity index is 1.78. The van der Waals surface area contributed by atoms with Gasteiger partial charge in [-0.25, -0.2) is 0 Å². The van der Waals surface area contributed by atoms with E-state index in [1.54, 1.807) is 0 Å². The quantitative estimate of drug-likeness (QED) is 0.764. The zero-order chi connectivity index (χ0) is 14.4. The second kappa shape index (κ2) is 8.38. The van der Waals surface area contributed by atoms with Crippen molar-refractivity contribution in [2.45, 2.75) is 84.2 Å². The summed E-state index contributed by atoms with van der Waals surface area (Å²) < 4.78 is 0. The molecule has 1 saturated carbocycles. The van der Waals surface area contributed by atoms with E-state index in [9.17, 15) is 0 Å². The molecule has 0 spiro atoms. The Kier molecular flexibility index (Phi) is 6.83. The minimum atomic E-state index is 0.683. The molecule has 0 amide bonds. The first-order valence-electron chi connectivity index (χ1n) is 9.19. The Hall–Kier alpha value is -0.0800. The van der Waals surface area contributed by atoms with Crippen LogP contribution in [0.4, 0.5) is 0 Å². The summed E-state index contributed by atoms with van der Waals surface area (Å²) in [5, 5.41) is 3.97. The third kappa shape index (κ3) is 4.73. The minimum Gasteiger partial charge on any atom is -0.311 e. The van der Waals surface area contributed by atoms with Crippen molar-refractivity contribution in [1.29, 1.82) is 0 Å². The van der Waals surface area contributed by atoms with Crippen LogP contribution in [0.5, 0.6) is 0 Å². The van der Waals surface area contributed by atoms with Gasteiger partial charge in [-0.2, -0.15) is 0 Å². The molecular weight excluding hydrogens is 244 g/mol. The zero-order valence-corrected chi connectivity index (χ0v) is 14.0. The predicted molar refractivity (Wildman–Crippen MR) is 88.1 cm³/mol. The fourth-order valence-corrected chi connectivity index (χ4v) is 4.28. The molecular formula is C18H36N2. The van der Waals surface area contributed by atoms with Crippen LogP contribution in [-0.4, -0.2) is 36.6 Å². The van der Waals surface area contributed by atoms with Crippen LogP contribution in [0.15, 0.2) is 0 Å². The standard InChI is InChI=1S/C18H36N2/c1-4-20-13-9-12-18(14-20)16(3)19-15(2)17-10-7-5-6-8-11-17/h15-19H,4-14H2,1-3H3/t15-,16?,18?/m0/s1. The largest absolute Gasteiger partial charge is 0.311 e. The van der Waals surface area contributed by atoms with Crippen molar-refractivity contribution in [3.8, 4) is 0 Å². The van der Waals surface area contributed by atoms with Gasteiger partial charge in [0.1, 0.15) is 0 Å². The van der Waals surface area contributed by atoms with Crippen molar-refractivity contribution < 1.29 is 0 Å². The van der Waals surface area contributed by atoms with E-state index >= 15 is 0 Å². The van der Waals surface area contributed by atoms with Gasteiger partial charge in [-0.3, -0.25) is 0 Å². The molecule has 2 fully saturated rings. The SMILES string of the molecule is CCN1CCCC(C(C)N[C@@H](C)C2CCCCCC2)C1. The van der Waals surface area contributed by atoms with Gasteiger partial charge in [0.25, 0.3) is 0 Å². The summed E-state index contributed by atoms with van der Waals surface area (Å²) in [6.45, 7) is 11.0. The third-order valence-electron chi connectivity index (χ3n) is 5.83. The summed E-state index contributed by atoms with van der Waals surface area (Å²) in [7, 11) is 0. The second-order valence-corrected chi connectivity index (χ2v) is 7.29. The van der Waals surface area contributed by atoms with E-state index < -0.39 is 0 Å². The number of rotatable bonds is 5. The highest BCUT2D eigenvalue weighted by atomic mass is 15.1. The number of hydrogen-bond acceptors (Lipinski definition) is 2. The van der Waals surface area contributed by atoms with Gasteiger partial charge in [0, 0.05) is 18.6 Å². The maximum absolute atomic E-state index is 3.97. The van der Waals surface area contributed by atoms with Crippen molar-refractivity contribution >= 4 is 0 Å². The average Bonchev–Trinajstić information content (AvgIpc) is 2.76. The molecule has 1 aliphatic heterocycles. The molecule has 0 radical (unpaired) electrons. The number of likely N-dealkylation sites (tertiary alicyclic amines) is 1. The van der Waals surface area contributed by atoms with Crippen LogP contribution in [0.3, 0.4) is 0 Å². The molecule has 1 saturated heterocycles. The molecule has 1 aliphatic carbocycles. The zero-order valence-electron chi connectivity index (χ0n) is 14.0. The molecule has 2 aliphatic rings. The first-order valence-corrected chi connectivity index (χ1v) is 9.19. The van der Waals surface area contributed by atoms with E-state index in [0.29, 0.717) is 12.1 Å². The number of hydrogen-bond donors (Lipinski definition) is 1. The van der Waals surface area contributed by atoms with E-state index in [0.717, 1.165) is 11.8 Å². The average molecular weight is 280 g/mol. The van der Waals surface area contributed by atoms with Crippen molar-refractivity contribution in [2.75, 3.05) is 19.6 Å². The maximum atomic E-state index is 3.97. The predicted octanol–water partition coefficient (Wildman–Crippen LogP) is 4.06. The van der Waals surface area contributed by atoms with Crippen LogP contribution in [-0.2, 0) is 0 Å². The Labute approximate surface area is 126 Å². The Morgan fingerprint density at radius 2 is 1.50 bits per heavy atom. The van der Waals surface area contributed by atoms with Gasteiger partial charge < -0.3 is 10.2 Å². The lowest BCUT2D eigenvalue weighted by Gasteiger charge is -2.37. The van der Waals surface area contributed by atoms with Gasteiger partial charge in [0.15, 0.2) is 0 Å². The molecule has 20 heavy (non-hydrogen) atoms. The molecule has 2 nitrogen and oxygen atoms in total. The number of nitrogens with zero attached hydrogens (tertiary/aromatic N) is 1. The lowest BCUT2D eigenvalue weighted by atomic mass is 9.88. The molecule has 0 bridgehead atoms. The second-order valence-electron chi connectivity index (χ2n) is 7.29. The van der Waals surface area contributed by atoms with E-state index in [4.69, 9.17) is 0 Å². The molecule has 0 aromatic heterocycles. The Bertz CT molecular complexity index is 258. The van der Waals surface area contributed by atoms with Crippen LogP contribution in [0, 0.1) is 11.8 Å². The van der Waals surface area contributed by atoms with Crippen LogP contribution in [0.1, 0.15) is 72.1 Å². The molecule has 2 rings (SSSR count). The first-order chi connectivity index (χ1) is 9.70. The molecule has 118 valence electrons. The summed E-state index contributed by atoms with van der Waals surface area (Å²) in [6.07, 6.45) is 11.6. The van der Waals surface area contributed by atoms with Crippen molar-refractivity contribution in [3.05, 3.63) is 0 Å². The third-order valence-corrected chi connectivity index (χ3v) is 5.83. The summed E-state index contributed by atoms with van der Waals surface area (Å²) in [6, 6.07) is 1.39. The topological polar surface area (TPSA) is 15.3 Å². The molecule has 1 N–H and O–H groups in total. The van der Waals surface area contributed by atoms with Crippen LogP contribution in [0.25, 0.3) is 0 Å². The van der Waals surface area contributed by atoms with Gasteiger partial charge in [0.2, 0.25) is 0 Å². The number of piperidine rings is 1. The van der Waals surface area contributed by atoms with Crippen LogP contribution in [0.2, 0.25) is 0 Å². The summed E-state index contributed by atoms with van der Waals surface area (Å²) >= 11 is 0. The fourth-order valence-electron chi connectivity index (χ4n) is 4.28. The van der Waals surface area contributed by atoms with Crippen molar-refractivity contribution in [1.82, 2.24) is 10.2 Å². The monoisotopic (exact) mass is 280 g/mol. The van der Waals surface area contributed by atoms with Gasteiger partial charge in [-0.1, -0.05) is 32.6 Å². The smallest absolute Gasteiger partial charge is 0.00818 e. The maximum Gasteiger partial charge on any atom is 0.00818 e. The van der Waals surface area contributed by atoms with Crippen LogP contribution >= 0.6 is 0 Å². The van der Waals surface area contributed by atoms with E-state index in [1.165, 1.54) is 71.0 Å². The van der Waals surface area contributed by atoms with Gasteiger partial charge in [-0.15, -0.1) is 0 Å². The van der Waals surface area contributed by atoms with Gasteiger partial charge >= 0.3 is 0 Å². The summed E-state index contributed by atoms with van der Waals surface area (Å²) in [5.74, 6) is 1.78. The van der Waals surface area contributed by atoms with Gasteiger partial charge in [-0.05, 0) is 64.5 Å². The molecule has 2 unspecified atom stereocenters. The highest BCUT2D eigenvalue weighted by Gasteiger charge is 2.26.